The van der Waals surface area contributed by atoms with Gasteiger partial charge >= 0.3 is 11.8 Å². The van der Waals surface area contributed by atoms with Gasteiger partial charge in [0.15, 0.2) is 0 Å². The van der Waals surface area contributed by atoms with E-state index in [1.165, 1.54) is 0 Å². The summed E-state index contributed by atoms with van der Waals surface area (Å²) in [6.45, 7) is 0.325. The molecule has 1 fully saturated rings. The minimum absolute atomic E-state index is 0.325. The number of benzene rings is 1. The lowest BCUT2D eigenvalue weighted by atomic mass is 10.0. The third-order valence-electron chi connectivity index (χ3n) is 3.40. The molecule has 0 unspecified atom stereocenters. The van der Waals surface area contributed by atoms with Crippen molar-refractivity contribution in [2.24, 2.45) is 0 Å². The van der Waals surface area contributed by atoms with Gasteiger partial charge in [0, 0.05) is 19.4 Å². The lowest BCUT2D eigenvalue weighted by Gasteiger charge is -2.26. The van der Waals surface area contributed by atoms with Crippen LogP contribution in [-0.2, 0) is 14.3 Å². The molecule has 2 amide bonds. The van der Waals surface area contributed by atoms with E-state index in [-0.39, 0.29) is 5.60 Å². The number of ether oxygens (including phenoxy) is 1. The van der Waals surface area contributed by atoms with E-state index in [4.69, 9.17) is 16.3 Å². The van der Waals surface area contributed by atoms with E-state index in [0.29, 0.717) is 17.3 Å². The maximum absolute atomic E-state index is 11.8. The number of nitrogens with one attached hydrogen (secondary N) is 2. The maximum atomic E-state index is 11.8. The number of rotatable bonds is 4. The van der Waals surface area contributed by atoms with E-state index in [9.17, 15) is 9.59 Å². The predicted molar refractivity (Wildman–Crippen MR) is 84.8 cm³/mol. The first kappa shape index (κ1) is 16.1. The van der Waals surface area contributed by atoms with Crippen LogP contribution < -0.4 is 10.6 Å². The average Bonchev–Trinajstić information content (AvgIpc) is 2.96. The third-order valence-corrected chi connectivity index (χ3v) is 4.95. The number of halogens is 1. The summed E-state index contributed by atoms with van der Waals surface area (Å²) in [5.41, 5.74) is 0.0440. The molecule has 114 valence electrons. The summed E-state index contributed by atoms with van der Waals surface area (Å²) < 4.78 is 5.48. The van der Waals surface area contributed by atoms with Crippen LogP contribution in [0.2, 0.25) is 5.02 Å². The predicted octanol–water partition coefficient (Wildman–Crippen LogP) is 1.92. The number of hydrogen-bond donors (Lipinski definition) is 2. The van der Waals surface area contributed by atoms with Crippen LogP contribution >= 0.6 is 23.4 Å². The summed E-state index contributed by atoms with van der Waals surface area (Å²) in [4.78, 5) is 23.7. The van der Waals surface area contributed by atoms with Gasteiger partial charge in [-0.1, -0.05) is 23.7 Å². The zero-order valence-electron chi connectivity index (χ0n) is 11.6. The molecule has 2 rings (SSSR count). The van der Waals surface area contributed by atoms with Crippen LogP contribution in [0.4, 0.5) is 5.69 Å². The number of carbonyl (C=O) groups is 2. The van der Waals surface area contributed by atoms with Crippen LogP contribution in [0, 0.1) is 0 Å². The van der Waals surface area contributed by atoms with Crippen LogP contribution in [0.25, 0.3) is 0 Å². The minimum atomic E-state index is -0.736. The molecule has 21 heavy (non-hydrogen) atoms. The van der Waals surface area contributed by atoms with Gasteiger partial charge in [-0.3, -0.25) is 9.59 Å². The Bertz CT molecular complexity index is 533. The van der Waals surface area contributed by atoms with E-state index >= 15 is 0 Å². The number of hydrogen-bond acceptors (Lipinski definition) is 4. The lowest BCUT2D eigenvalue weighted by molar-refractivity contribution is -0.136. The Morgan fingerprint density at radius 2 is 2.14 bits per heavy atom. The number of thioether (sulfide) groups is 1. The van der Waals surface area contributed by atoms with E-state index in [1.54, 1.807) is 43.1 Å². The fourth-order valence-electron chi connectivity index (χ4n) is 2.02. The van der Waals surface area contributed by atoms with Crippen molar-refractivity contribution in [1.29, 1.82) is 0 Å². The monoisotopic (exact) mass is 328 g/mol. The van der Waals surface area contributed by atoms with Gasteiger partial charge in [-0.05, 0) is 24.3 Å². The molecule has 7 heteroatoms. The normalized spacial score (nSPS) is 21.0. The van der Waals surface area contributed by atoms with Crippen LogP contribution in [0.3, 0.4) is 0 Å². The highest BCUT2D eigenvalue weighted by Crippen LogP contribution is 2.30. The van der Waals surface area contributed by atoms with Gasteiger partial charge in [0.2, 0.25) is 0 Å². The van der Waals surface area contributed by atoms with Crippen LogP contribution in [-0.4, -0.2) is 42.6 Å². The largest absolute Gasteiger partial charge is 0.376 e. The van der Waals surface area contributed by atoms with Crippen molar-refractivity contribution in [2.45, 2.75) is 12.0 Å². The molecule has 1 saturated heterocycles. The molecule has 5 nitrogen and oxygen atoms in total. The Labute approximate surface area is 132 Å². The molecule has 2 N–H and O–H groups in total. The Kier molecular flexibility index (Phi) is 5.50. The molecule has 0 radical (unpaired) electrons. The maximum Gasteiger partial charge on any atom is 0.313 e. The fraction of sp³-hybridized carbons (Fsp3) is 0.429. The van der Waals surface area contributed by atoms with Gasteiger partial charge in [-0.15, -0.1) is 0 Å². The Hall–Kier alpha value is -1.24. The van der Waals surface area contributed by atoms with Gasteiger partial charge in [-0.25, -0.2) is 0 Å². The zero-order chi connectivity index (χ0) is 15.3. The van der Waals surface area contributed by atoms with Crippen molar-refractivity contribution < 1.29 is 14.3 Å². The Morgan fingerprint density at radius 1 is 1.38 bits per heavy atom. The second-order valence-corrected chi connectivity index (χ2v) is 6.32. The molecule has 1 aliphatic rings. The van der Waals surface area contributed by atoms with Gasteiger partial charge in [-0.2, -0.15) is 11.8 Å². The standard InChI is InChI=1S/C14H17ClN2O3S/c1-20-14(6-7-21-9-14)8-16-12(18)13(19)17-11-5-3-2-4-10(11)15/h2-5H,6-9H2,1H3,(H,16,18)(H,17,19)/t14-/m1/s1. The molecule has 0 spiro atoms. The molecule has 1 atom stereocenters. The average molecular weight is 329 g/mol. The van der Waals surface area contributed by atoms with Gasteiger partial charge in [0.1, 0.15) is 0 Å². The third kappa shape index (κ3) is 4.12. The molecule has 0 aromatic heterocycles. The van der Waals surface area contributed by atoms with Crippen molar-refractivity contribution in [2.75, 3.05) is 30.5 Å². The first-order valence-electron chi connectivity index (χ1n) is 6.53. The van der Waals surface area contributed by atoms with Gasteiger partial charge in [0.05, 0.1) is 16.3 Å². The first-order chi connectivity index (χ1) is 10.1. The van der Waals surface area contributed by atoms with E-state index in [0.717, 1.165) is 17.9 Å². The molecule has 1 heterocycles. The van der Waals surface area contributed by atoms with Gasteiger partial charge < -0.3 is 15.4 Å². The fourth-order valence-corrected chi connectivity index (χ4v) is 3.60. The quantitative estimate of drug-likeness (QED) is 0.829. The molecule has 1 aliphatic heterocycles. The number of carbonyl (C=O) groups excluding carboxylic acids is 2. The van der Waals surface area contributed by atoms with Crippen LogP contribution in [0.15, 0.2) is 24.3 Å². The summed E-state index contributed by atoms with van der Waals surface area (Å²) in [5, 5.41) is 5.50. The molecule has 0 saturated carbocycles. The number of para-hydroxylation sites is 1. The van der Waals surface area contributed by atoms with Crippen molar-refractivity contribution in [3.05, 3.63) is 29.3 Å². The van der Waals surface area contributed by atoms with E-state index in [2.05, 4.69) is 10.6 Å². The summed E-state index contributed by atoms with van der Waals surface area (Å²) in [6.07, 6.45) is 0.862. The van der Waals surface area contributed by atoms with Crippen molar-refractivity contribution in [3.63, 3.8) is 0 Å². The van der Waals surface area contributed by atoms with Crippen molar-refractivity contribution in [3.8, 4) is 0 Å². The number of amides is 2. The minimum Gasteiger partial charge on any atom is -0.376 e. The highest BCUT2D eigenvalue weighted by atomic mass is 35.5. The van der Waals surface area contributed by atoms with Crippen molar-refractivity contribution in [1.82, 2.24) is 5.32 Å². The van der Waals surface area contributed by atoms with Crippen molar-refractivity contribution >= 4 is 40.9 Å². The lowest BCUT2D eigenvalue weighted by Crippen LogP contribution is -2.47. The highest BCUT2D eigenvalue weighted by molar-refractivity contribution is 7.99. The van der Waals surface area contributed by atoms with E-state index in [1.807, 2.05) is 0 Å². The molecular weight excluding hydrogens is 312 g/mol. The molecule has 0 aliphatic carbocycles. The molecule has 1 aromatic rings. The summed E-state index contributed by atoms with van der Waals surface area (Å²) in [7, 11) is 1.63. The summed E-state index contributed by atoms with van der Waals surface area (Å²) >= 11 is 7.71. The summed E-state index contributed by atoms with van der Waals surface area (Å²) in [6, 6.07) is 6.76. The smallest absolute Gasteiger partial charge is 0.313 e. The van der Waals surface area contributed by atoms with Gasteiger partial charge in [0.25, 0.3) is 0 Å². The summed E-state index contributed by atoms with van der Waals surface area (Å²) in [5.74, 6) is 0.383. The second-order valence-electron chi connectivity index (χ2n) is 4.81. The SMILES string of the molecule is CO[C@@]1(CNC(=O)C(=O)Nc2ccccc2Cl)CCSC1. The first-order valence-corrected chi connectivity index (χ1v) is 8.06. The zero-order valence-corrected chi connectivity index (χ0v) is 13.2. The Balaban J connectivity index is 1.88. The van der Waals surface area contributed by atoms with Crippen LogP contribution in [0.5, 0.6) is 0 Å². The molecule has 0 bridgehead atoms. The number of anilines is 1. The molecular formula is C14H17ClN2O3S. The number of methoxy groups -OCH3 is 1. The van der Waals surface area contributed by atoms with Crippen LogP contribution in [0.1, 0.15) is 6.42 Å². The second kappa shape index (κ2) is 7.15. The highest BCUT2D eigenvalue weighted by Gasteiger charge is 2.35. The Morgan fingerprint density at radius 3 is 2.76 bits per heavy atom. The van der Waals surface area contributed by atoms with E-state index < -0.39 is 11.8 Å². The topological polar surface area (TPSA) is 67.4 Å². The molecule has 1 aromatic carbocycles.